The summed E-state index contributed by atoms with van der Waals surface area (Å²) >= 11 is 6.31. The van der Waals surface area contributed by atoms with Crippen molar-refractivity contribution in [1.29, 1.82) is 0 Å². The number of carboxylic acid groups (broad SMARTS) is 1. The second-order valence-electron chi connectivity index (χ2n) is 12.1. The maximum Gasteiger partial charge on any atom is 0.392 e. The van der Waals surface area contributed by atoms with Gasteiger partial charge in [0.1, 0.15) is 0 Å². The molecule has 41 heavy (non-hydrogen) atoms. The molecular formula is C27H38ClF6NO5S. The Labute approximate surface area is 241 Å². The predicted molar refractivity (Wildman–Crippen MR) is 140 cm³/mol. The summed E-state index contributed by atoms with van der Waals surface area (Å²) in [6.45, 7) is -0.164. The molecule has 1 aliphatic heterocycles. The van der Waals surface area contributed by atoms with Gasteiger partial charge in [-0.3, -0.25) is 4.79 Å². The van der Waals surface area contributed by atoms with E-state index < -0.39 is 81.4 Å². The lowest BCUT2D eigenvalue weighted by Crippen LogP contribution is -2.60. The number of hydrogen-bond donors (Lipinski definition) is 1. The fourth-order valence-corrected chi connectivity index (χ4v) is 9.86. The van der Waals surface area contributed by atoms with Gasteiger partial charge in [0.2, 0.25) is 10.0 Å². The first-order valence-corrected chi connectivity index (χ1v) is 16.3. The van der Waals surface area contributed by atoms with Gasteiger partial charge in [-0.2, -0.15) is 30.6 Å². The van der Waals surface area contributed by atoms with Crippen LogP contribution in [0.2, 0.25) is 0 Å². The number of aliphatic carboxylic acids is 1. The van der Waals surface area contributed by atoms with Gasteiger partial charge in [0, 0.05) is 24.3 Å². The summed E-state index contributed by atoms with van der Waals surface area (Å²) < 4.78 is 117. The van der Waals surface area contributed by atoms with Gasteiger partial charge in [-0.1, -0.05) is 25.0 Å². The summed E-state index contributed by atoms with van der Waals surface area (Å²) in [6.07, 6.45) is -5.57. The zero-order chi connectivity index (χ0) is 30.2. The van der Waals surface area contributed by atoms with Crippen molar-refractivity contribution in [2.24, 2.45) is 23.7 Å². The molecule has 1 saturated heterocycles. The number of alkyl halides is 7. The van der Waals surface area contributed by atoms with Crippen molar-refractivity contribution in [2.75, 3.05) is 6.54 Å². The standard InChI is InChI=1S/C27H38ClF6NO5S/c28-22-6-2-5-21(27(32,33)34)20(22)10-7-16-8-11-24-23(13-16)35(15-18(40-24)9-12-25(36)37)41(38,39)19-4-1-3-17(14-19)26(29,30)31/h7,10,16-24H,1-6,8-9,11-15H2,(H,36,37)/b10-7+. The monoisotopic (exact) mass is 637 g/mol. The van der Waals surface area contributed by atoms with Crippen molar-refractivity contribution < 1.29 is 49.4 Å². The Morgan fingerprint density at radius 2 is 1.66 bits per heavy atom. The molecule has 236 valence electrons. The Balaban J connectivity index is 1.55. The molecule has 0 bridgehead atoms. The minimum absolute atomic E-state index is 0.00497. The van der Waals surface area contributed by atoms with Crippen LogP contribution in [0.5, 0.6) is 0 Å². The SMILES string of the molecule is O=C(O)CCC1CN(S(=O)(=O)C2CCCC(C(F)(F)F)C2)C2CC(/C=C/C3C(Cl)CCCC3C(F)(F)F)CCC2O1. The van der Waals surface area contributed by atoms with E-state index in [2.05, 4.69) is 0 Å². The van der Waals surface area contributed by atoms with Gasteiger partial charge in [0.25, 0.3) is 0 Å². The van der Waals surface area contributed by atoms with E-state index in [1.807, 2.05) is 0 Å². The van der Waals surface area contributed by atoms with Crippen LogP contribution in [-0.4, -0.2) is 71.6 Å². The summed E-state index contributed by atoms with van der Waals surface area (Å²) in [5, 5.41) is 7.23. The molecule has 1 heterocycles. The van der Waals surface area contributed by atoms with Crippen molar-refractivity contribution in [1.82, 2.24) is 4.31 Å². The number of hydrogen-bond acceptors (Lipinski definition) is 4. The van der Waals surface area contributed by atoms with Crippen LogP contribution in [0, 0.1) is 23.7 Å². The second-order valence-corrected chi connectivity index (χ2v) is 14.8. The number of morpholine rings is 1. The highest BCUT2D eigenvalue weighted by Crippen LogP contribution is 2.46. The topological polar surface area (TPSA) is 83.9 Å². The number of carbonyl (C=O) groups is 1. The van der Waals surface area contributed by atoms with Crippen LogP contribution >= 0.6 is 11.6 Å². The number of carboxylic acids is 1. The molecule has 9 atom stereocenters. The van der Waals surface area contributed by atoms with Crippen molar-refractivity contribution in [3.05, 3.63) is 12.2 Å². The molecule has 14 heteroatoms. The van der Waals surface area contributed by atoms with Crippen LogP contribution in [-0.2, 0) is 19.6 Å². The second kappa shape index (κ2) is 12.9. The molecule has 0 spiro atoms. The summed E-state index contributed by atoms with van der Waals surface area (Å²) in [5.41, 5.74) is 0. The number of allylic oxidation sites excluding steroid dienone is 2. The van der Waals surface area contributed by atoms with Gasteiger partial charge in [-0.15, -0.1) is 11.6 Å². The average molecular weight is 638 g/mol. The van der Waals surface area contributed by atoms with Crippen LogP contribution < -0.4 is 0 Å². The van der Waals surface area contributed by atoms with Gasteiger partial charge in [-0.05, 0) is 63.7 Å². The first-order chi connectivity index (χ1) is 19.1. The molecule has 0 radical (unpaired) electrons. The highest BCUT2D eigenvalue weighted by atomic mass is 35.5. The Hall–Kier alpha value is -1.05. The molecule has 0 aromatic carbocycles. The van der Waals surface area contributed by atoms with E-state index in [9.17, 15) is 39.6 Å². The third-order valence-electron chi connectivity index (χ3n) is 9.34. The third-order valence-corrected chi connectivity index (χ3v) is 12.2. The van der Waals surface area contributed by atoms with Crippen LogP contribution in [0.15, 0.2) is 12.2 Å². The van der Waals surface area contributed by atoms with Gasteiger partial charge >= 0.3 is 18.3 Å². The lowest BCUT2D eigenvalue weighted by atomic mass is 9.76. The zero-order valence-electron chi connectivity index (χ0n) is 22.6. The largest absolute Gasteiger partial charge is 0.481 e. The molecule has 1 N–H and O–H groups in total. The van der Waals surface area contributed by atoms with Gasteiger partial charge in [0.15, 0.2) is 0 Å². The van der Waals surface area contributed by atoms with Crippen molar-refractivity contribution in [3.63, 3.8) is 0 Å². The lowest BCUT2D eigenvalue weighted by Gasteiger charge is -2.49. The molecule has 0 amide bonds. The van der Waals surface area contributed by atoms with Crippen LogP contribution in [0.1, 0.15) is 77.0 Å². The Bertz CT molecular complexity index is 1050. The quantitative estimate of drug-likeness (QED) is 0.191. The molecule has 6 nitrogen and oxygen atoms in total. The first kappa shape index (κ1) is 32.9. The third kappa shape index (κ3) is 7.92. The average Bonchev–Trinajstić information content (AvgIpc) is 2.89. The molecule has 4 rings (SSSR count). The number of sulfonamides is 1. The summed E-state index contributed by atoms with van der Waals surface area (Å²) in [6, 6.07) is -0.702. The van der Waals surface area contributed by atoms with Crippen molar-refractivity contribution in [3.8, 4) is 0 Å². The van der Waals surface area contributed by atoms with E-state index in [4.69, 9.17) is 21.4 Å². The highest BCUT2D eigenvalue weighted by molar-refractivity contribution is 7.89. The first-order valence-electron chi connectivity index (χ1n) is 14.4. The molecule has 4 fully saturated rings. The maximum atomic E-state index is 13.9. The van der Waals surface area contributed by atoms with E-state index >= 15 is 0 Å². The summed E-state index contributed by atoms with van der Waals surface area (Å²) in [5.74, 6) is -5.49. The number of rotatable bonds is 7. The number of ether oxygens (including phenoxy) is 1. The smallest absolute Gasteiger partial charge is 0.392 e. The molecular weight excluding hydrogens is 600 g/mol. The van der Waals surface area contributed by atoms with Crippen molar-refractivity contribution in [2.45, 2.75) is 118 Å². The summed E-state index contributed by atoms with van der Waals surface area (Å²) in [7, 11) is -4.20. The fourth-order valence-electron chi connectivity index (χ4n) is 7.15. The Kier molecular flexibility index (Phi) is 10.3. The minimum atomic E-state index is -4.50. The molecule has 9 unspecified atom stereocenters. The summed E-state index contributed by atoms with van der Waals surface area (Å²) in [4.78, 5) is 11.2. The highest BCUT2D eigenvalue weighted by Gasteiger charge is 2.51. The Morgan fingerprint density at radius 3 is 2.32 bits per heavy atom. The maximum absolute atomic E-state index is 13.9. The van der Waals surface area contributed by atoms with E-state index in [1.54, 1.807) is 6.08 Å². The number of nitrogens with zero attached hydrogens (tertiary/aromatic N) is 1. The fraction of sp³-hybridized carbons (Fsp3) is 0.889. The van der Waals surface area contributed by atoms with Crippen molar-refractivity contribution >= 4 is 27.6 Å². The predicted octanol–water partition coefficient (Wildman–Crippen LogP) is 6.68. The van der Waals surface area contributed by atoms with Crippen LogP contribution in [0.3, 0.4) is 0 Å². The van der Waals surface area contributed by atoms with Gasteiger partial charge < -0.3 is 9.84 Å². The van der Waals surface area contributed by atoms with Crippen LogP contribution in [0.4, 0.5) is 26.3 Å². The minimum Gasteiger partial charge on any atom is -0.481 e. The zero-order valence-corrected chi connectivity index (χ0v) is 24.2. The lowest BCUT2D eigenvalue weighted by molar-refractivity contribution is -0.190. The Morgan fingerprint density at radius 1 is 0.951 bits per heavy atom. The van der Waals surface area contributed by atoms with E-state index in [0.717, 1.165) is 0 Å². The van der Waals surface area contributed by atoms with E-state index in [-0.39, 0.29) is 57.4 Å². The normalized spacial score (nSPS) is 38.1. The number of halogens is 7. The van der Waals surface area contributed by atoms with Gasteiger partial charge in [0.05, 0.1) is 35.3 Å². The molecule has 0 aromatic rings. The number of fused-ring (bicyclic) bond motifs is 1. The molecule has 0 aromatic heterocycles. The van der Waals surface area contributed by atoms with Crippen LogP contribution in [0.25, 0.3) is 0 Å². The van der Waals surface area contributed by atoms with E-state index in [1.165, 1.54) is 10.4 Å². The van der Waals surface area contributed by atoms with Gasteiger partial charge in [-0.25, -0.2) is 8.42 Å². The molecule has 3 aliphatic carbocycles. The molecule has 4 aliphatic rings. The van der Waals surface area contributed by atoms with E-state index in [0.29, 0.717) is 25.7 Å². The molecule has 3 saturated carbocycles.